The van der Waals surface area contributed by atoms with Crippen molar-refractivity contribution >= 4 is 5.97 Å². The van der Waals surface area contributed by atoms with Crippen LogP contribution in [0.4, 0.5) is 0 Å². The zero-order chi connectivity index (χ0) is 11.0. The van der Waals surface area contributed by atoms with Gasteiger partial charge < -0.3 is 4.74 Å². The van der Waals surface area contributed by atoms with Crippen LogP contribution < -0.4 is 0 Å². The van der Waals surface area contributed by atoms with Crippen LogP contribution in [0.15, 0.2) is 0 Å². The van der Waals surface area contributed by atoms with Crippen molar-refractivity contribution in [3.05, 3.63) is 0 Å². The Morgan fingerprint density at radius 2 is 2.14 bits per heavy atom. The van der Waals surface area contributed by atoms with Crippen LogP contribution in [0.3, 0.4) is 0 Å². The molecule has 0 amide bonds. The van der Waals surface area contributed by atoms with Gasteiger partial charge in [-0.15, -0.1) is 0 Å². The number of hydrogen-bond acceptors (Lipinski definition) is 3. The maximum Gasteiger partial charge on any atom is 0.319 e. The van der Waals surface area contributed by atoms with Crippen molar-refractivity contribution in [3.63, 3.8) is 0 Å². The highest BCUT2D eigenvalue weighted by molar-refractivity contribution is 5.71. The minimum atomic E-state index is -0.156. The fourth-order valence-electron chi connectivity index (χ4n) is 1.28. The first-order valence-corrected chi connectivity index (χ1v) is 5.35. The molecule has 0 aromatic rings. The lowest BCUT2D eigenvalue weighted by Crippen LogP contribution is -2.27. The molecule has 0 bridgehead atoms. The number of nitrogens with zero attached hydrogens (tertiary/aromatic N) is 1. The largest absolute Gasteiger partial charge is 0.468 e. The fraction of sp³-hybridized carbons (Fsp3) is 0.909. The molecule has 0 aromatic carbocycles. The second kappa shape index (κ2) is 7.80. The average Bonchev–Trinajstić information content (AvgIpc) is 2.17. The van der Waals surface area contributed by atoms with E-state index in [-0.39, 0.29) is 5.97 Å². The number of carbonyl (C=O) groups excluding carboxylic acids is 1. The Bertz CT molecular complexity index is 159. The first kappa shape index (κ1) is 13.4. The standard InChI is InChI=1S/C11H23NO2/c1-5-10(2)7-6-8-12(3)9-11(13)14-4/h10H,5-9H2,1-4H3/t10-/m1/s1. The number of hydrogen-bond donors (Lipinski definition) is 0. The summed E-state index contributed by atoms with van der Waals surface area (Å²) in [6.07, 6.45) is 3.63. The molecule has 0 fully saturated rings. The Morgan fingerprint density at radius 1 is 1.50 bits per heavy atom. The van der Waals surface area contributed by atoms with Gasteiger partial charge in [-0.1, -0.05) is 20.3 Å². The first-order valence-electron chi connectivity index (χ1n) is 5.35. The van der Waals surface area contributed by atoms with Crippen molar-refractivity contribution < 1.29 is 9.53 Å². The number of likely N-dealkylation sites (N-methyl/N-ethyl adjacent to an activating group) is 1. The third-order valence-corrected chi connectivity index (χ3v) is 2.56. The molecule has 0 spiro atoms. The number of ether oxygens (including phenoxy) is 1. The highest BCUT2D eigenvalue weighted by Gasteiger charge is 2.06. The Kier molecular flexibility index (Phi) is 7.48. The predicted molar refractivity (Wildman–Crippen MR) is 58.2 cm³/mol. The Labute approximate surface area is 87.4 Å². The highest BCUT2D eigenvalue weighted by atomic mass is 16.5. The first-order chi connectivity index (χ1) is 6.60. The van der Waals surface area contributed by atoms with E-state index < -0.39 is 0 Å². The molecule has 0 aliphatic carbocycles. The summed E-state index contributed by atoms with van der Waals surface area (Å²) in [4.78, 5) is 12.9. The van der Waals surface area contributed by atoms with E-state index in [1.54, 1.807) is 0 Å². The van der Waals surface area contributed by atoms with Crippen molar-refractivity contribution in [2.75, 3.05) is 27.2 Å². The second-order valence-corrected chi connectivity index (χ2v) is 3.97. The summed E-state index contributed by atoms with van der Waals surface area (Å²) < 4.78 is 4.59. The minimum absolute atomic E-state index is 0.156. The van der Waals surface area contributed by atoms with Gasteiger partial charge in [-0.3, -0.25) is 9.69 Å². The second-order valence-electron chi connectivity index (χ2n) is 3.97. The van der Waals surface area contributed by atoms with Gasteiger partial charge in [0.2, 0.25) is 0 Å². The SMILES string of the molecule is CC[C@@H](C)CCCN(C)CC(=O)OC. The summed E-state index contributed by atoms with van der Waals surface area (Å²) in [7, 11) is 3.38. The molecular weight excluding hydrogens is 178 g/mol. The molecular formula is C11H23NO2. The normalized spacial score (nSPS) is 12.9. The molecule has 0 aliphatic rings. The van der Waals surface area contributed by atoms with Crippen molar-refractivity contribution in [3.8, 4) is 0 Å². The minimum Gasteiger partial charge on any atom is -0.468 e. The summed E-state index contributed by atoms with van der Waals surface area (Å²) in [6.45, 7) is 5.85. The lowest BCUT2D eigenvalue weighted by atomic mass is 10.0. The third-order valence-electron chi connectivity index (χ3n) is 2.56. The lowest BCUT2D eigenvalue weighted by molar-refractivity contribution is -0.141. The van der Waals surface area contributed by atoms with Gasteiger partial charge in [-0.25, -0.2) is 0 Å². The number of esters is 1. The summed E-state index contributed by atoms with van der Waals surface area (Å²) >= 11 is 0. The molecule has 0 saturated heterocycles. The molecule has 3 nitrogen and oxygen atoms in total. The lowest BCUT2D eigenvalue weighted by Gasteiger charge is -2.16. The molecule has 0 N–H and O–H groups in total. The molecule has 0 heterocycles. The van der Waals surface area contributed by atoms with Crippen LogP contribution in [0, 0.1) is 5.92 Å². The Morgan fingerprint density at radius 3 is 2.64 bits per heavy atom. The molecule has 1 atom stereocenters. The Hall–Kier alpha value is -0.570. The fourth-order valence-corrected chi connectivity index (χ4v) is 1.28. The van der Waals surface area contributed by atoms with Gasteiger partial charge >= 0.3 is 5.97 Å². The number of carbonyl (C=O) groups is 1. The van der Waals surface area contributed by atoms with E-state index in [0.717, 1.165) is 18.9 Å². The van der Waals surface area contributed by atoms with Crippen molar-refractivity contribution in [2.24, 2.45) is 5.92 Å². The monoisotopic (exact) mass is 201 g/mol. The van der Waals surface area contributed by atoms with Gasteiger partial charge in [0.25, 0.3) is 0 Å². The van der Waals surface area contributed by atoms with Gasteiger partial charge in [-0.05, 0) is 32.4 Å². The van der Waals surface area contributed by atoms with E-state index in [0.29, 0.717) is 6.54 Å². The molecule has 3 heteroatoms. The van der Waals surface area contributed by atoms with Crippen LogP contribution in [0.2, 0.25) is 0 Å². The van der Waals surface area contributed by atoms with E-state index in [9.17, 15) is 4.79 Å². The zero-order valence-electron chi connectivity index (χ0n) is 9.88. The predicted octanol–water partition coefficient (Wildman–Crippen LogP) is 1.92. The van der Waals surface area contributed by atoms with Gasteiger partial charge in [-0.2, -0.15) is 0 Å². The summed E-state index contributed by atoms with van der Waals surface area (Å²) in [5.41, 5.74) is 0. The van der Waals surface area contributed by atoms with Gasteiger partial charge in [0.15, 0.2) is 0 Å². The summed E-state index contributed by atoms with van der Waals surface area (Å²) in [6, 6.07) is 0. The van der Waals surface area contributed by atoms with E-state index in [1.165, 1.54) is 20.0 Å². The number of methoxy groups -OCH3 is 1. The molecule has 0 aromatic heterocycles. The highest BCUT2D eigenvalue weighted by Crippen LogP contribution is 2.09. The van der Waals surface area contributed by atoms with Gasteiger partial charge in [0.05, 0.1) is 13.7 Å². The molecule has 14 heavy (non-hydrogen) atoms. The van der Waals surface area contributed by atoms with Crippen molar-refractivity contribution in [1.29, 1.82) is 0 Å². The maximum absolute atomic E-state index is 10.9. The van der Waals surface area contributed by atoms with Gasteiger partial charge in [0, 0.05) is 0 Å². The van der Waals surface area contributed by atoms with E-state index in [1.807, 2.05) is 11.9 Å². The number of rotatable bonds is 7. The van der Waals surface area contributed by atoms with Crippen LogP contribution in [-0.4, -0.2) is 38.1 Å². The maximum atomic E-state index is 10.9. The van der Waals surface area contributed by atoms with Crippen LogP contribution in [0.5, 0.6) is 0 Å². The van der Waals surface area contributed by atoms with E-state index >= 15 is 0 Å². The molecule has 0 unspecified atom stereocenters. The smallest absolute Gasteiger partial charge is 0.319 e. The van der Waals surface area contributed by atoms with Crippen molar-refractivity contribution in [1.82, 2.24) is 4.90 Å². The molecule has 0 radical (unpaired) electrons. The third kappa shape index (κ3) is 6.89. The summed E-state index contributed by atoms with van der Waals surface area (Å²) in [5, 5.41) is 0. The zero-order valence-corrected chi connectivity index (χ0v) is 9.88. The quantitative estimate of drug-likeness (QED) is 0.589. The Balaban J connectivity index is 3.44. The molecule has 84 valence electrons. The van der Waals surface area contributed by atoms with Gasteiger partial charge in [0.1, 0.15) is 0 Å². The van der Waals surface area contributed by atoms with Crippen molar-refractivity contribution in [2.45, 2.75) is 33.1 Å². The average molecular weight is 201 g/mol. The van der Waals surface area contributed by atoms with Crippen LogP contribution in [-0.2, 0) is 9.53 Å². The topological polar surface area (TPSA) is 29.5 Å². The molecule has 0 saturated carbocycles. The van der Waals surface area contributed by atoms with Crippen LogP contribution in [0.1, 0.15) is 33.1 Å². The van der Waals surface area contributed by atoms with E-state index in [4.69, 9.17) is 0 Å². The van der Waals surface area contributed by atoms with Crippen LogP contribution in [0.25, 0.3) is 0 Å². The molecule has 0 aliphatic heterocycles. The van der Waals surface area contributed by atoms with E-state index in [2.05, 4.69) is 18.6 Å². The summed E-state index contributed by atoms with van der Waals surface area (Å²) in [5.74, 6) is 0.637. The molecule has 0 rings (SSSR count). The van der Waals surface area contributed by atoms with Crippen LogP contribution >= 0.6 is 0 Å².